The summed E-state index contributed by atoms with van der Waals surface area (Å²) in [6, 6.07) is 19.0. The van der Waals surface area contributed by atoms with Gasteiger partial charge in [-0.1, -0.05) is 49.4 Å². The molecular formula is C23H23N3O3. The first kappa shape index (κ1) is 20.1. The zero-order valence-electron chi connectivity index (χ0n) is 16.4. The largest absolute Gasteiger partial charge is 0.493 e. The number of amides is 2. The number of fused-ring (bicyclic) bond motifs is 1. The molecule has 0 saturated heterocycles. The molecule has 2 amide bonds. The van der Waals surface area contributed by atoms with E-state index >= 15 is 0 Å². The van der Waals surface area contributed by atoms with Gasteiger partial charge in [0.1, 0.15) is 5.75 Å². The molecule has 3 rings (SSSR count). The van der Waals surface area contributed by atoms with E-state index in [9.17, 15) is 9.59 Å². The molecule has 0 saturated carbocycles. The lowest BCUT2D eigenvalue weighted by molar-refractivity contribution is -0.136. The molecule has 3 aromatic rings. The van der Waals surface area contributed by atoms with Gasteiger partial charge in [0.05, 0.1) is 12.8 Å². The summed E-state index contributed by atoms with van der Waals surface area (Å²) in [6.07, 6.45) is 2.40. The van der Waals surface area contributed by atoms with Crippen LogP contribution >= 0.6 is 0 Å². The molecule has 0 fully saturated rings. The molecule has 148 valence electrons. The van der Waals surface area contributed by atoms with Gasteiger partial charge in [-0.3, -0.25) is 9.59 Å². The molecule has 6 nitrogen and oxygen atoms in total. The second-order valence-corrected chi connectivity index (χ2v) is 6.34. The van der Waals surface area contributed by atoms with Crippen molar-refractivity contribution in [3.05, 3.63) is 71.8 Å². The van der Waals surface area contributed by atoms with Gasteiger partial charge in [-0.2, -0.15) is 5.10 Å². The van der Waals surface area contributed by atoms with Crippen molar-refractivity contribution in [3.8, 4) is 5.75 Å². The number of anilines is 1. The van der Waals surface area contributed by atoms with Gasteiger partial charge >= 0.3 is 11.8 Å². The molecule has 29 heavy (non-hydrogen) atoms. The molecule has 0 radical (unpaired) electrons. The van der Waals surface area contributed by atoms with Crippen LogP contribution < -0.4 is 15.5 Å². The van der Waals surface area contributed by atoms with Crippen molar-refractivity contribution in [2.75, 3.05) is 11.9 Å². The number of hydrazone groups is 1. The van der Waals surface area contributed by atoms with Crippen molar-refractivity contribution >= 4 is 34.5 Å². The molecule has 0 aliphatic heterocycles. The highest BCUT2D eigenvalue weighted by atomic mass is 16.5. The minimum atomic E-state index is -0.848. The Hall–Kier alpha value is -3.67. The van der Waals surface area contributed by atoms with E-state index in [1.165, 1.54) is 6.21 Å². The molecule has 0 aromatic heterocycles. The van der Waals surface area contributed by atoms with Gasteiger partial charge in [0.2, 0.25) is 0 Å². The lowest BCUT2D eigenvalue weighted by Crippen LogP contribution is -2.32. The fourth-order valence-electron chi connectivity index (χ4n) is 2.91. The number of rotatable bonds is 6. The van der Waals surface area contributed by atoms with Crippen LogP contribution in [0.25, 0.3) is 10.8 Å². The first-order valence-electron chi connectivity index (χ1n) is 9.50. The standard InChI is InChI=1S/C23H23N3O3/c1-3-16-9-12-18(13-10-16)25-22(27)23(28)26-24-15-20-19-8-6-5-7-17(19)11-14-21(20)29-4-2/h5-15H,3-4H2,1-2H3,(H,25,27)(H,26,28)/b24-15-. The second kappa shape index (κ2) is 9.50. The fraction of sp³-hybridized carbons (Fsp3) is 0.174. The van der Waals surface area contributed by atoms with Crippen LogP contribution in [0.1, 0.15) is 25.0 Å². The Bertz CT molecular complexity index is 1040. The number of aryl methyl sites for hydroxylation is 1. The van der Waals surface area contributed by atoms with Crippen LogP contribution in [0.5, 0.6) is 5.75 Å². The number of carbonyl (C=O) groups is 2. The number of ether oxygens (including phenoxy) is 1. The molecule has 3 aromatic carbocycles. The predicted octanol–water partition coefficient (Wildman–Crippen LogP) is 3.89. The average Bonchev–Trinajstić information content (AvgIpc) is 2.75. The van der Waals surface area contributed by atoms with Crippen molar-refractivity contribution in [2.24, 2.45) is 5.10 Å². The van der Waals surface area contributed by atoms with E-state index in [4.69, 9.17) is 4.74 Å². The molecule has 0 heterocycles. The van der Waals surface area contributed by atoms with Crippen molar-refractivity contribution in [3.63, 3.8) is 0 Å². The minimum absolute atomic E-state index is 0.505. The summed E-state index contributed by atoms with van der Waals surface area (Å²) in [5.74, 6) is -0.974. The van der Waals surface area contributed by atoms with Gasteiger partial charge < -0.3 is 10.1 Å². The number of nitrogens with zero attached hydrogens (tertiary/aromatic N) is 1. The molecule has 0 unspecified atom stereocenters. The van der Waals surface area contributed by atoms with Crippen LogP contribution in [0, 0.1) is 0 Å². The van der Waals surface area contributed by atoms with E-state index in [1.807, 2.05) is 62.4 Å². The molecule has 0 aliphatic carbocycles. The monoisotopic (exact) mass is 389 g/mol. The number of hydrogen-bond acceptors (Lipinski definition) is 4. The van der Waals surface area contributed by atoms with Crippen LogP contribution in [-0.2, 0) is 16.0 Å². The highest BCUT2D eigenvalue weighted by Gasteiger charge is 2.13. The summed E-state index contributed by atoms with van der Waals surface area (Å²) in [7, 11) is 0. The number of benzene rings is 3. The third-order valence-corrected chi connectivity index (χ3v) is 4.42. The lowest BCUT2D eigenvalue weighted by atomic mass is 10.0. The van der Waals surface area contributed by atoms with E-state index in [0.717, 1.165) is 28.3 Å². The van der Waals surface area contributed by atoms with Gasteiger partial charge in [-0.05, 0) is 47.9 Å². The van der Waals surface area contributed by atoms with Crippen LogP contribution in [0.2, 0.25) is 0 Å². The topological polar surface area (TPSA) is 79.8 Å². The fourth-order valence-corrected chi connectivity index (χ4v) is 2.91. The van der Waals surface area contributed by atoms with Crippen LogP contribution in [0.15, 0.2) is 65.8 Å². The van der Waals surface area contributed by atoms with Crippen molar-refractivity contribution < 1.29 is 14.3 Å². The number of nitrogens with one attached hydrogen (secondary N) is 2. The van der Waals surface area contributed by atoms with Gasteiger partial charge in [0.15, 0.2) is 0 Å². The zero-order chi connectivity index (χ0) is 20.6. The van der Waals surface area contributed by atoms with E-state index in [-0.39, 0.29) is 0 Å². The second-order valence-electron chi connectivity index (χ2n) is 6.34. The third-order valence-electron chi connectivity index (χ3n) is 4.42. The summed E-state index contributed by atoms with van der Waals surface area (Å²) in [4.78, 5) is 24.1. The summed E-state index contributed by atoms with van der Waals surface area (Å²) in [5, 5.41) is 8.48. The summed E-state index contributed by atoms with van der Waals surface area (Å²) >= 11 is 0. The van der Waals surface area contributed by atoms with Crippen molar-refractivity contribution in [2.45, 2.75) is 20.3 Å². The highest BCUT2D eigenvalue weighted by molar-refractivity contribution is 6.39. The Morgan fingerprint density at radius 3 is 2.45 bits per heavy atom. The van der Waals surface area contributed by atoms with Crippen molar-refractivity contribution in [1.29, 1.82) is 0 Å². The average molecular weight is 389 g/mol. The van der Waals surface area contributed by atoms with E-state index in [1.54, 1.807) is 12.1 Å². The van der Waals surface area contributed by atoms with Gasteiger partial charge in [0, 0.05) is 11.3 Å². The Kier molecular flexibility index (Phi) is 6.58. The highest BCUT2D eigenvalue weighted by Crippen LogP contribution is 2.26. The normalized spacial score (nSPS) is 10.8. The molecule has 0 bridgehead atoms. The number of hydrogen-bond donors (Lipinski definition) is 2. The Balaban J connectivity index is 1.70. The van der Waals surface area contributed by atoms with E-state index in [0.29, 0.717) is 18.0 Å². The summed E-state index contributed by atoms with van der Waals surface area (Å²) in [5.41, 5.74) is 4.71. The zero-order valence-corrected chi connectivity index (χ0v) is 16.4. The SMILES string of the molecule is CCOc1ccc2ccccc2c1/C=N\NC(=O)C(=O)Nc1ccc(CC)cc1. The summed E-state index contributed by atoms with van der Waals surface area (Å²) in [6.45, 7) is 4.45. The van der Waals surface area contributed by atoms with Gasteiger partial charge in [0.25, 0.3) is 0 Å². The predicted molar refractivity (Wildman–Crippen MR) is 115 cm³/mol. The molecule has 0 atom stereocenters. The molecule has 2 N–H and O–H groups in total. The Morgan fingerprint density at radius 2 is 1.72 bits per heavy atom. The Labute approximate surface area is 169 Å². The minimum Gasteiger partial charge on any atom is -0.493 e. The molecule has 0 spiro atoms. The van der Waals surface area contributed by atoms with E-state index < -0.39 is 11.8 Å². The van der Waals surface area contributed by atoms with Crippen LogP contribution in [0.3, 0.4) is 0 Å². The van der Waals surface area contributed by atoms with E-state index in [2.05, 4.69) is 15.8 Å². The van der Waals surface area contributed by atoms with Crippen LogP contribution in [-0.4, -0.2) is 24.6 Å². The lowest BCUT2D eigenvalue weighted by Gasteiger charge is -2.10. The number of carbonyl (C=O) groups excluding carboxylic acids is 2. The van der Waals surface area contributed by atoms with Crippen LogP contribution in [0.4, 0.5) is 5.69 Å². The molecule has 0 aliphatic rings. The molecular weight excluding hydrogens is 366 g/mol. The summed E-state index contributed by atoms with van der Waals surface area (Å²) < 4.78 is 5.66. The molecule has 6 heteroatoms. The third kappa shape index (κ3) is 4.99. The maximum atomic E-state index is 12.1. The Morgan fingerprint density at radius 1 is 0.966 bits per heavy atom. The maximum Gasteiger partial charge on any atom is 0.329 e. The van der Waals surface area contributed by atoms with Crippen molar-refractivity contribution in [1.82, 2.24) is 5.43 Å². The quantitative estimate of drug-likeness (QED) is 0.381. The first-order valence-corrected chi connectivity index (χ1v) is 9.50. The smallest absolute Gasteiger partial charge is 0.329 e. The first-order chi connectivity index (χ1) is 14.1. The van der Waals surface area contributed by atoms with Gasteiger partial charge in [-0.25, -0.2) is 5.43 Å². The van der Waals surface area contributed by atoms with Gasteiger partial charge in [-0.15, -0.1) is 0 Å². The maximum absolute atomic E-state index is 12.1.